The number of aromatic nitrogens is 4. The van der Waals surface area contributed by atoms with E-state index < -0.39 is 0 Å². The first kappa shape index (κ1) is 16.4. The molecular weight excluding hydrogens is 330 g/mol. The van der Waals surface area contributed by atoms with Gasteiger partial charge in [0.15, 0.2) is 0 Å². The predicted molar refractivity (Wildman–Crippen MR) is 99.5 cm³/mol. The van der Waals surface area contributed by atoms with Crippen molar-refractivity contribution in [2.24, 2.45) is 0 Å². The number of aryl methyl sites for hydroxylation is 2. The van der Waals surface area contributed by atoms with Crippen LogP contribution in [0.3, 0.4) is 0 Å². The summed E-state index contributed by atoms with van der Waals surface area (Å²) in [5.74, 6) is 1.18. The van der Waals surface area contributed by atoms with Crippen LogP contribution in [0.1, 0.15) is 46.5 Å². The summed E-state index contributed by atoms with van der Waals surface area (Å²) < 4.78 is 2.35. The molecule has 25 heavy (non-hydrogen) atoms. The second kappa shape index (κ2) is 7.06. The lowest BCUT2D eigenvalue weighted by Crippen LogP contribution is -2.25. The van der Waals surface area contributed by atoms with Crippen molar-refractivity contribution in [1.29, 1.82) is 0 Å². The third-order valence-electron chi connectivity index (χ3n) is 5.00. The van der Waals surface area contributed by atoms with Crippen LogP contribution < -0.4 is 0 Å². The highest BCUT2D eigenvalue weighted by Gasteiger charge is 2.30. The van der Waals surface area contributed by atoms with Crippen LogP contribution in [0.4, 0.5) is 0 Å². The summed E-state index contributed by atoms with van der Waals surface area (Å²) in [4.78, 5) is 17.4. The van der Waals surface area contributed by atoms with Gasteiger partial charge in [0.1, 0.15) is 5.82 Å². The van der Waals surface area contributed by atoms with Crippen molar-refractivity contribution in [3.8, 4) is 0 Å². The Bertz CT molecular complexity index is 839. The zero-order valence-corrected chi connectivity index (χ0v) is 15.5. The quantitative estimate of drug-likeness (QED) is 0.701. The molecule has 1 saturated heterocycles. The van der Waals surface area contributed by atoms with Gasteiger partial charge in [-0.15, -0.1) is 11.3 Å². The normalized spacial score (nSPS) is 18.1. The van der Waals surface area contributed by atoms with Gasteiger partial charge in [-0.25, -0.2) is 9.97 Å². The number of thiazole rings is 1. The molecule has 5 nitrogen and oxygen atoms in total. The van der Waals surface area contributed by atoms with Crippen molar-refractivity contribution >= 4 is 11.3 Å². The summed E-state index contributed by atoms with van der Waals surface area (Å²) in [5.41, 5.74) is 5.53. The standard InChI is InChI=1S/C19H23N5S/c1-14-9-21-19(24(14)11-16-5-3-7-20-10-16)17-6-4-8-23(17)12-18-15(2)22-13-25-18/h3,5,7,9-10,13,17H,4,6,8,11-12H2,1-2H3. The lowest BCUT2D eigenvalue weighted by Gasteiger charge is -2.25. The number of imidazole rings is 1. The molecule has 0 spiro atoms. The first-order valence-electron chi connectivity index (χ1n) is 8.76. The molecule has 1 atom stereocenters. The average Bonchev–Trinajstić information content (AvgIpc) is 3.32. The van der Waals surface area contributed by atoms with Crippen molar-refractivity contribution in [3.05, 3.63) is 63.9 Å². The van der Waals surface area contributed by atoms with Crippen molar-refractivity contribution in [2.75, 3.05) is 6.54 Å². The van der Waals surface area contributed by atoms with Crippen LogP contribution in [0.5, 0.6) is 0 Å². The summed E-state index contributed by atoms with van der Waals surface area (Å²) in [6.07, 6.45) is 8.15. The third kappa shape index (κ3) is 3.37. The van der Waals surface area contributed by atoms with E-state index in [1.54, 1.807) is 11.3 Å². The second-order valence-corrected chi connectivity index (χ2v) is 7.63. The number of rotatable bonds is 5. The van der Waals surface area contributed by atoms with E-state index in [0.717, 1.165) is 25.3 Å². The van der Waals surface area contributed by atoms with Gasteiger partial charge in [-0.3, -0.25) is 9.88 Å². The van der Waals surface area contributed by atoms with Gasteiger partial charge in [0, 0.05) is 35.7 Å². The van der Waals surface area contributed by atoms with E-state index in [0.29, 0.717) is 6.04 Å². The maximum atomic E-state index is 4.78. The molecule has 0 N–H and O–H groups in total. The fourth-order valence-corrected chi connectivity index (χ4v) is 4.40. The van der Waals surface area contributed by atoms with Crippen molar-refractivity contribution in [3.63, 3.8) is 0 Å². The molecular formula is C19H23N5S. The first-order valence-corrected chi connectivity index (χ1v) is 9.64. The highest BCUT2D eigenvalue weighted by molar-refractivity contribution is 7.09. The van der Waals surface area contributed by atoms with E-state index in [-0.39, 0.29) is 0 Å². The molecule has 0 aromatic carbocycles. The fraction of sp³-hybridized carbons (Fsp3) is 0.421. The lowest BCUT2D eigenvalue weighted by molar-refractivity contribution is 0.237. The first-order chi connectivity index (χ1) is 12.2. The van der Waals surface area contributed by atoms with Crippen LogP contribution in [0.15, 0.2) is 36.2 Å². The van der Waals surface area contributed by atoms with Crippen LogP contribution in [0, 0.1) is 13.8 Å². The van der Waals surface area contributed by atoms with Crippen molar-refractivity contribution < 1.29 is 0 Å². The maximum absolute atomic E-state index is 4.78. The Morgan fingerprint density at radius 2 is 2.12 bits per heavy atom. The summed E-state index contributed by atoms with van der Waals surface area (Å²) >= 11 is 1.76. The molecule has 0 amide bonds. The minimum Gasteiger partial charge on any atom is -0.327 e. The summed E-state index contributed by atoms with van der Waals surface area (Å²) in [6.45, 7) is 7.17. The molecule has 0 saturated carbocycles. The molecule has 1 aliphatic heterocycles. The predicted octanol–water partition coefficient (Wildman–Crippen LogP) is 3.74. The smallest absolute Gasteiger partial charge is 0.126 e. The van der Waals surface area contributed by atoms with E-state index in [2.05, 4.69) is 39.3 Å². The number of hydrogen-bond acceptors (Lipinski definition) is 5. The van der Waals surface area contributed by atoms with Crippen LogP contribution in [-0.4, -0.2) is 31.0 Å². The van der Waals surface area contributed by atoms with Gasteiger partial charge in [0.2, 0.25) is 0 Å². The van der Waals surface area contributed by atoms with Crippen molar-refractivity contribution in [1.82, 2.24) is 24.4 Å². The van der Waals surface area contributed by atoms with Gasteiger partial charge in [-0.2, -0.15) is 0 Å². The van der Waals surface area contributed by atoms with Gasteiger partial charge in [-0.05, 0) is 44.9 Å². The lowest BCUT2D eigenvalue weighted by atomic mass is 10.2. The van der Waals surface area contributed by atoms with E-state index >= 15 is 0 Å². The molecule has 4 rings (SSSR count). The van der Waals surface area contributed by atoms with E-state index in [1.807, 2.05) is 30.2 Å². The Labute approximate surface area is 152 Å². The Balaban J connectivity index is 1.59. The second-order valence-electron chi connectivity index (χ2n) is 6.69. The van der Waals surface area contributed by atoms with Gasteiger partial charge in [0.25, 0.3) is 0 Å². The molecule has 1 aliphatic rings. The average molecular weight is 353 g/mol. The monoisotopic (exact) mass is 353 g/mol. The van der Waals surface area contributed by atoms with Crippen LogP contribution >= 0.6 is 11.3 Å². The van der Waals surface area contributed by atoms with Crippen LogP contribution in [0.2, 0.25) is 0 Å². The van der Waals surface area contributed by atoms with E-state index in [4.69, 9.17) is 4.98 Å². The zero-order valence-electron chi connectivity index (χ0n) is 14.7. The van der Waals surface area contributed by atoms with Gasteiger partial charge in [-0.1, -0.05) is 6.07 Å². The molecule has 6 heteroatoms. The van der Waals surface area contributed by atoms with Gasteiger partial charge in [0.05, 0.1) is 23.8 Å². The minimum absolute atomic E-state index is 0.381. The molecule has 1 unspecified atom stereocenters. The molecule has 3 aromatic heterocycles. The van der Waals surface area contributed by atoms with Crippen LogP contribution in [0.25, 0.3) is 0 Å². The summed E-state index contributed by atoms with van der Waals surface area (Å²) in [5, 5.41) is 0. The molecule has 0 aliphatic carbocycles. The highest BCUT2D eigenvalue weighted by Crippen LogP contribution is 2.34. The molecule has 3 aromatic rings. The number of pyridine rings is 1. The molecule has 130 valence electrons. The van der Waals surface area contributed by atoms with Crippen molar-refractivity contribution in [2.45, 2.75) is 45.8 Å². The van der Waals surface area contributed by atoms with Gasteiger partial charge < -0.3 is 4.57 Å². The highest BCUT2D eigenvalue weighted by atomic mass is 32.1. The molecule has 0 radical (unpaired) electrons. The maximum Gasteiger partial charge on any atom is 0.126 e. The Morgan fingerprint density at radius 3 is 2.88 bits per heavy atom. The number of hydrogen-bond donors (Lipinski definition) is 0. The van der Waals surface area contributed by atoms with Crippen LogP contribution in [-0.2, 0) is 13.1 Å². The Morgan fingerprint density at radius 1 is 1.20 bits per heavy atom. The molecule has 0 bridgehead atoms. The third-order valence-corrected chi connectivity index (χ3v) is 5.92. The number of nitrogens with zero attached hydrogens (tertiary/aromatic N) is 5. The topological polar surface area (TPSA) is 46.8 Å². The van der Waals surface area contributed by atoms with E-state index in [1.165, 1.54) is 34.8 Å². The SMILES string of the molecule is Cc1ncsc1CN1CCCC1c1ncc(C)n1Cc1cccnc1. The number of likely N-dealkylation sites (tertiary alicyclic amines) is 1. The Hall–Kier alpha value is -2.05. The fourth-order valence-electron chi connectivity index (χ4n) is 3.60. The van der Waals surface area contributed by atoms with Gasteiger partial charge >= 0.3 is 0 Å². The summed E-state index contributed by atoms with van der Waals surface area (Å²) in [6, 6.07) is 4.51. The van der Waals surface area contributed by atoms with E-state index in [9.17, 15) is 0 Å². The molecule has 1 fully saturated rings. The summed E-state index contributed by atoms with van der Waals surface area (Å²) in [7, 11) is 0. The minimum atomic E-state index is 0.381. The zero-order chi connectivity index (χ0) is 17.2. The Kier molecular flexibility index (Phi) is 4.63. The largest absolute Gasteiger partial charge is 0.327 e. The molecule has 4 heterocycles.